The van der Waals surface area contributed by atoms with Crippen LogP contribution in [0.2, 0.25) is 0 Å². The summed E-state index contributed by atoms with van der Waals surface area (Å²) in [7, 11) is 0. The standard InChI is InChI=1S/C62H38N2S/c1-2-12-44(13-3-1)62-63-57(38-58(64-62)43-27-23-41(24-28-43)52-18-10-19-55-53-17-8-9-20-59(53)65-61(52)55)42-25-21-39(22-26-42)45-29-30-47-36-49(32-31-46(47)35-45)60-51-16-7-5-14-48(51)37-56-50-15-6-4-11-40(50)33-34-54(56)60/h1-38H. The molecule has 0 amide bonds. The van der Waals surface area contributed by atoms with Crippen LogP contribution in [0.4, 0.5) is 0 Å². The van der Waals surface area contributed by atoms with Crippen molar-refractivity contribution in [2.75, 3.05) is 0 Å². The summed E-state index contributed by atoms with van der Waals surface area (Å²) >= 11 is 1.86. The predicted octanol–water partition coefficient (Wildman–Crippen LogP) is 17.5. The van der Waals surface area contributed by atoms with Crippen LogP contribution in [0.1, 0.15) is 0 Å². The first-order valence-corrected chi connectivity index (χ1v) is 22.9. The molecule has 65 heavy (non-hydrogen) atoms. The number of aromatic nitrogens is 2. The fraction of sp³-hybridized carbons (Fsp3) is 0. The number of hydrogen-bond donors (Lipinski definition) is 0. The van der Waals surface area contributed by atoms with Crippen LogP contribution in [-0.2, 0) is 0 Å². The Hall–Kier alpha value is -8.24. The zero-order valence-corrected chi connectivity index (χ0v) is 36.1. The van der Waals surface area contributed by atoms with Gasteiger partial charge in [0.2, 0.25) is 0 Å². The molecule has 2 heterocycles. The molecule has 0 aliphatic rings. The average molecular weight is 843 g/mol. The van der Waals surface area contributed by atoms with Crippen LogP contribution in [0.3, 0.4) is 0 Å². The maximum Gasteiger partial charge on any atom is 0.160 e. The van der Waals surface area contributed by atoms with E-state index in [1.54, 1.807) is 0 Å². The molecule has 13 rings (SSSR count). The maximum absolute atomic E-state index is 5.14. The SMILES string of the molecule is c1ccc(-c2nc(-c3ccc(-c4ccc5cc(-c6c7ccccc7cc7c6ccc6ccccc67)ccc5c4)cc3)cc(-c3ccc(-c4cccc5c4sc4ccccc45)cc3)n2)cc1. The highest BCUT2D eigenvalue weighted by Crippen LogP contribution is 2.42. The minimum absolute atomic E-state index is 0.708. The van der Waals surface area contributed by atoms with Gasteiger partial charge in [0.25, 0.3) is 0 Å². The monoisotopic (exact) mass is 842 g/mol. The minimum Gasteiger partial charge on any atom is -0.228 e. The lowest BCUT2D eigenvalue weighted by Crippen LogP contribution is -1.96. The molecule has 2 nitrogen and oxygen atoms in total. The largest absolute Gasteiger partial charge is 0.228 e. The molecule has 11 aromatic carbocycles. The summed E-state index contributed by atoms with van der Waals surface area (Å²) in [6, 6.07) is 83.5. The Morgan fingerprint density at radius 3 is 1.62 bits per heavy atom. The van der Waals surface area contributed by atoms with E-state index < -0.39 is 0 Å². The summed E-state index contributed by atoms with van der Waals surface area (Å²) in [6.45, 7) is 0. The minimum atomic E-state index is 0.708. The van der Waals surface area contributed by atoms with E-state index in [1.807, 2.05) is 29.5 Å². The van der Waals surface area contributed by atoms with Crippen LogP contribution in [0.15, 0.2) is 231 Å². The van der Waals surface area contributed by atoms with Crippen molar-refractivity contribution >= 4 is 74.6 Å². The molecule has 0 unspecified atom stereocenters. The van der Waals surface area contributed by atoms with Gasteiger partial charge in [-0.25, -0.2) is 9.97 Å². The van der Waals surface area contributed by atoms with Gasteiger partial charge in [0.1, 0.15) is 0 Å². The van der Waals surface area contributed by atoms with Gasteiger partial charge in [0.05, 0.1) is 11.4 Å². The molecule has 0 aliphatic carbocycles. The second-order valence-electron chi connectivity index (χ2n) is 16.9. The van der Waals surface area contributed by atoms with Crippen molar-refractivity contribution in [1.82, 2.24) is 9.97 Å². The summed E-state index contributed by atoms with van der Waals surface area (Å²) in [4.78, 5) is 10.3. The second kappa shape index (κ2) is 15.2. The van der Waals surface area contributed by atoms with Crippen molar-refractivity contribution in [1.29, 1.82) is 0 Å². The van der Waals surface area contributed by atoms with E-state index in [0.29, 0.717) is 5.82 Å². The lowest BCUT2D eigenvalue weighted by molar-refractivity contribution is 1.18. The van der Waals surface area contributed by atoms with Crippen LogP contribution >= 0.6 is 11.3 Å². The van der Waals surface area contributed by atoms with Gasteiger partial charge in [0.15, 0.2) is 5.82 Å². The highest BCUT2D eigenvalue weighted by molar-refractivity contribution is 7.26. The molecule has 13 aromatic rings. The highest BCUT2D eigenvalue weighted by Gasteiger charge is 2.16. The van der Waals surface area contributed by atoms with E-state index >= 15 is 0 Å². The molecule has 0 radical (unpaired) electrons. The van der Waals surface area contributed by atoms with E-state index in [4.69, 9.17) is 9.97 Å². The number of thiophene rings is 1. The first kappa shape index (κ1) is 37.3. The predicted molar refractivity (Wildman–Crippen MR) is 278 cm³/mol. The molecule has 0 fully saturated rings. The van der Waals surface area contributed by atoms with Crippen LogP contribution in [0.5, 0.6) is 0 Å². The van der Waals surface area contributed by atoms with Crippen LogP contribution in [0, 0.1) is 0 Å². The fourth-order valence-corrected chi connectivity index (χ4v) is 11.0. The molecular weight excluding hydrogens is 805 g/mol. The van der Waals surface area contributed by atoms with Crippen molar-refractivity contribution in [2.45, 2.75) is 0 Å². The zero-order valence-electron chi connectivity index (χ0n) is 35.2. The zero-order chi connectivity index (χ0) is 42.8. The van der Waals surface area contributed by atoms with Gasteiger partial charge < -0.3 is 0 Å². The van der Waals surface area contributed by atoms with Gasteiger partial charge in [-0.1, -0.05) is 200 Å². The molecular formula is C62H38N2S. The quantitative estimate of drug-likeness (QED) is 0.123. The Labute approximate surface area is 380 Å². The number of nitrogens with zero attached hydrogens (tertiary/aromatic N) is 2. The Morgan fingerprint density at radius 2 is 0.846 bits per heavy atom. The molecule has 0 aliphatic heterocycles. The van der Waals surface area contributed by atoms with Crippen molar-refractivity contribution in [3.05, 3.63) is 231 Å². The van der Waals surface area contributed by atoms with Gasteiger partial charge in [0, 0.05) is 36.9 Å². The summed E-state index contributed by atoms with van der Waals surface area (Å²) < 4.78 is 2.63. The summed E-state index contributed by atoms with van der Waals surface area (Å²) in [5, 5.41) is 12.7. The Kier molecular flexibility index (Phi) is 8.75. The number of hydrogen-bond acceptors (Lipinski definition) is 3. The summed E-state index contributed by atoms with van der Waals surface area (Å²) in [6.07, 6.45) is 0. The van der Waals surface area contributed by atoms with Crippen LogP contribution < -0.4 is 0 Å². The highest BCUT2D eigenvalue weighted by atomic mass is 32.1. The normalized spacial score (nSPS) is 11.7. The Balaban J connectivity index is 0.836. The van der Waals surface area contributed by atoms with Crippen molar-refractivity contribution in [2.24, 2.45) is 0 Å². The van der Waals surface area contributed by atoms with Crippen LogP contribution in [-0.4, -0.2) is 9.97 Å². The molecule has 2 aromatic heterocycles. The van der Waals surface area contributed by atoms with Gasteiger partial charge in [-0.3, -0.25) is 0 Å². The van der Waals surface area contributed by atoms with E-state index in [-0.39, 0.29) is 0 Å². The van der Waals surface area contributed by atoms with E-state index in [2.05, 4.69) is 212 Å². The molecule has 0 saturated heterocycles. The van der Waals surface area contributed by atoms with E-state index in [1.165, 1.54) is 91.1 Å². The van der Waals surface area contributed by atoms with E-state index in [9.17, 15) is 0 Å². The van der Waals surface area contributed by atoms with Crippen LogP contribution in [0.25, 0.3) is 131 Å². The third kappa shape index (κ3) is 6.48. The number of benzene rings is 11. The lowest BCUT2D eigenvalue weighted by atomic mass is 9.89. The van der Waals surface area contributed by atoms with Gasteiger partial charge in [-0.2, -0.15) is 0 Å². The third-order valence-electron chi connectivity index (χ3n) is 13.1. The number of fused-ring (bicyclic) bond motifs is 8. The Morgan fingerprint density at radius 1 is 0.277 bits per heavy atom. The van der Waals surface area contributed by atoms with Crippen molar-refractivity contribution in [3.63, 3.8) is 0 Å². The van der Waals surface area contributed by atoms with Crippen molar-refractivity contribution in [3.8, 4) is 67.3 Å². The van der Waals surface area contributed by atoms with Gasteiger partial charge in [-0.05, 0) is 107 Å². The number of rotatable bonds is 6. The fourth-order valence-electron chi connectivity index (χ4n) is 9.80. The average Bonchev–Trinajstić information content (AvgIpc) is 3.77. The third-order valence-corrected chi connectivity index (χ3v) is 14.3. The van der Waals surface area contributed by atoms with Crippen molar-refractivity contribution < 1.29 is 0 Å². The van der Waals surface area contributed by atoms with Gasteiger partial charge in [-0.15, -0.1) is 11.3 Å². The maximum atomic E-state index is 5.14. The van der Waals surface area contributed by atoms with Gasteiger partial charge >= 0.3 is 0 Å². The van der Waals surface area contributed by atoms with E-state index in [0.717, 1.165) is 33.6 Å². The molecule has 0 saturated carbocycles. The lowest BCUT2D eigenvalue weighted by Gasteiger charge is -2.15. The summed E-state index contributed by atoms with van der Waals surface area (Å²) in [5.41, 5.74) is 12.2. The first-order chi connectivity index (χ1) is 32.2. The topological polar surface area (TPSA) is 25.8 Å². The molecule has 302 valence electrons. The molecule has 0 atom stereocenters. The Bertz CT molecular complexity index is 3980. The smallest absolute Gasteiger partial charge is 0.160 e. The first-order valence-electron chi connectivity index (χ1n) is 22.1. The molecule has 0 spiro atoms. The second-order valence-corrected chi connectivity index (χ2v) is 17.9. The molecule has 0 bridgehead atoms. The molecule has 0 N–H and O–H groups in total. The summed E-state index contributed by atoms with van der Waals surface area (Å²) in [5.74, 6) is 0.708. The molecule has 3 heteroatoms.